The lowest BCUT2D eigenvalue weighted by atomic mass is 9.99. The number of carbonyl (C=O) groups excluding carboxylic acids is 1. The van der Waals surface area contributed by atoms with Crippen LogP contribution in [-0.4, -0.2) is 24.0 Å². The number of hydrogen-bond acceptors (Lipinski definition) is 4. The van der Waals surface area contributed by atoms with E-state index >= 15 is 0 Å². The minimum Gasteiger partial charge on any atom is -0.477 e. The first-order valence-corrected chi connectivity index (χ1v) is 9.14. The molecule has 0 radical (unpaired) electrons. The van der Waals surface area contributed by atoms with E-state index in [1.165, 1.54) is 12.1 Å². The van der Waals surface area contributed by atoms with E-state index in [0.29, 0.717) is 29.5 Å². The molecule has 0 unspecified atom stereocenters. The van der Waals surface area contributed by atoms with Crippen LogP contribution in [0.1, 0.15) is 40.9 Å². The fourth-order valence-electron chi connectivity index (χ4n) is 3.66. The second kappa shape index (κ2) is 6.82. The molecule has 4 rings (SSSR count). The van der Waals surface area contributed by atoms with Gasteiger partial charge in [-0.1, -0.05) is 32.0 Å². The van der Waals surface area contributed by atoms with Crippen LogP contribution >= 0.6 is 0 Å². The second-order valence-corrected chi connectivity index (χ2v) is 7.51. The van der Waals surface area contributed by atoms with E-state index in [1.54, 1.807) is 18.2 Å². The van der Waals surface area contributed by atoms with E-state index in [4.69, 9.17) is 9.47 Å². The first kappa shape index (κ1) is 17.7. The number of halogens is 1. The number of ketones is 1. The Morgan fingerprint density at radius 1 is 1.26 bits per heavy atom. The van der Waals surface area contributed by atoms with E-state index in [0.717, 1.165) is 30.0 Å². The van der Waals surface area contributed by atoms with E-state index < -0.39 is 0 Å². The third-order valence-corrected chi connectivity index (χ3v) is 4.82. The van der Waals surface area contributed by atoms with Gasteiger partial charge in [-0.3, -0.25) is 9.69 Å². The van der Waals surface area contributed by atoms with Gasteiger partial charge in [-0.2, -0.15) is 0 Å². The molecule has 2 aliphatic rings. The maximum atomic E-state index is 13.9. The Kier molecular flexibility index (Phi) is 4.48. The molecule has 0 fully saturated rings. The van der Waals surface area contributed by atoms with Gasteiger partial charge in [0.1, 0.15) is 24.0 Å². The van der Waals surface area contributed by atoms with Gasteiger partial charge in [0.15, 0.2) is 5.76 Å². The van der Waals surface area contributed by atoms with Crippen LogP contribution in [0, 0.1) is 18.7 Å². The largest absolute Gasteiger partial charge is 0.477 e. The summed E-state index contributed by atoms with van der Waals surface area (Å²) in [5.41, 5.74) is 2.65. The molecule has 27 heavy (non-hydrogen) atoms. The standard InChI is InChI=1S/C22H22FNO3/c1-13(2)10-24-11-16-8-17-20(25)19(9-15-6-4-5-7-18(15)23)27-22(17)14(3)21(16)26-12-24/h4-9,13H,10-12H2,1-3H3/b19-9-. The number of fused-ring (bicyclic) bond motifs is 2. The summed E-state index contributed by atoms with van der Waals surface area (Å²) in [6, 6.07) is 8.17. The fraction of sp³-hybridized carbons (Fsp3) is 0.318. The molecule has 0 amide bonds. The molecule has 4 nitrogen and oxygen atoms in total. The predicted octanol–water partition coefficient (Wildman–Crippen LogP) is 4.56. The lowest BCUT2D eigenvalue weighted by molar-refractivity contribution is 0.0835. The maximum Gasteiger partial charge on any atom is 0.231 e. The van der Waals surface area contributed by atoms with Gasteiger partial charge in [-0.05, 0) is 31.1 Å². The molecule has 140 valence electrons. The van der Waals surface area contributed by atoms with Crippen molar-refractivity contribution in [3.8, 4) is 11.5 Å². The number of allylic oxidation sites excluding steroid dienone is 1. The Morgan fingerprint density at radius 2 is 2.04 bits per heavy atom. The van der Waals surface area contributed by atoms with Crippen LogP contribution in [0.25, 0.3) is 6.08 Å². The zero-order chi connectivity index (χ0) is 19.1. The molecule has 2 heterocycles. The summed E-state index contributed by atoms with van der Waals surface area (Å²) in [4.78, 5) is 15.1. The van der Waals surface area contributed by atoms with Crippen molar-refractivity contribution in [1.82, 2.24) is 4.90 Å². The Morgan fingerprint density at radius 3 is 2.78 bits per heavy atom. The fourth-order valence-corrected chi connectivity index (χ4v) is 3.66. The van der Waals surface area contributed by atoms with E-state index in [-0.39, 0.29) is 17.4 Å². The maximum absolute atomic E-state index is 13.9. The van der Waals surface area contributed by atoms with Gasteiger partial charge in [0.05, 0.1) is 5.56 Å². The van der Waals surface area contributed by atoms with Crippen molar-refractivity contribution in [2.75, 3.05) is 13.3 Å². The molecule has 0 bridgehead atoms. The van der Waals surface area contributed by atoms with Gasteiger partial charge in [0.2, 0.25) is 5.78 Å². The Bertz CT molecular complexity index is 949. The number of benzene rings is 2. The molecule has 2 aliphatic heterocycles. The van der Waals surface area contributed by atoms with Crippen molar-refractivity contribution >= 4 is 11.9 Å². The van der Waals surface area contributed by atoms with Gasteiger partial charge >= 0.3 is 0 Å². The zero-order valence-electron chi connectivity index (χ0n) is 15.7. The Hall–Kier alpha value is -2.66. The molecule has 0 saturated heterocycles. The van der Waals surface area contributed by atoms with Gasteiger partial charge < -0.3 is 9.47 Å². The number of Topliss-reactive ketones (excluding diaryl/α,β-unsaturated/α-hetero) is 1. The van der Waals surface area contributed by atoms with Crippen LogP contribution in [-0.2, 0) is 6.54 Å². The SMILES string of the molecule is Cc1c2c(cc3c1O/C(=C\c1ccccc1F)C3=O)CN(CC(C)C)CO2. The lowest BCUT2D eigenvalue weighted by Gasteiger charge is -2.31. The van der Waals surface area contributed by atoms with Crippen LogP contribution < -0.4 is 9.47 Å². The monoisotopic (exact) mass is 367 g/mol. The Balaban J connectivity index is 1.69. The number of rotatable bonds is 3. The molecule has 0 N–H and O–H groups in total. The molecule has 0 aliphatic carbocycles. The summed E-state index contributed by atoms with van der Waals surface area (Å²) >= 11 is 0. The topological polar surface area (TPSA) is 38.8 Å². The third-order valence-electron chi connectivity index (χ3n) is 4.82. The molecule has 2 aromatic rings. The average Bonchev–Trinajstić information content (AvgIpc) is 2.93. The van der Waals surface area contributed by atoms with Gasteiger partial charge in [0.25, 0.3) is 0 Å². The van der Waals surface area contributed by atoms with E-state index in [1.807, 2.05) is 13.0 Å². The quantitative estimate of drug-likeness (QED) is 0.746. The summed E-state index contributed by atoms with van der Waals surface area (Å²) in [5, 5.41) is 0. The summed E-state index contributed by atoms with van der Waals surface area (Å²) in [7, 11) is 0. The first-order valence-electron chi connectivity index (χ1n) is 9.14. The number of hydrogen-bond donors (Lipinski definition) is 0. The van der Waals surface area contributed by atoms with E-state index in [2.05, 4.69) is 18.7 Å². The Labute approximate surface area is 158 Å². The number of nitrogens with zero attached hydrogens (tertiary/aromatic N) is 1. The second-order valence-electron chi connectivity index (χ2n) is 7.51. The lowest BCUT2D eigenvalue weighted by Crippen LogP contribution is -2.35. The summed E-state index contributed by atoms with van der Waals surface area (Å²) in [6.45, 7) is 8.42. The third kappa shape index (κ3) is 3.23. The minimum atomic E-state index is -0.388. The summed E-state index contributed by atoms with van der Waals surface area (Å²) in [5.74, 6) is 1.36. The summed E-state index contributed by atoms with van der Waals surface area (Å²) < 4.78 is 25.7. The van der Waals surface area contributed by atoms with Crippen molar-refractivity contribution in [3.05, 3.63) is 64.2 Å². The van der Waals surface area contributed by atoms with Gasteiger partial charge in [0, 0.05) is 29.8 Å². The molecular formula is C22H22FNO3. The summed E-state index contributed by atoms with van der Waals surface area (Å²) in [6.07, 6.45) is 1.46. The van der Waals surface area contributed by atoms with Crippen LogP contribution in [0.3, 0.4) is 0 Å². The van der Waals surface area contributed by atoms with Crippen molar-refractivity contribution in [3.63, 3.8) is 0 Å². The smallest absolute Gasteiger partial charge is 0.231 e. The molecule has 5 heteroatoms. The van der Waals surface area contributed by atoms with Crippen LogP contribution in [0.2, 0.25) is 0 Å². The predicted molar refractivity (Wildman–Crippen MR) is 101 cm³/mol. The van der Waals surface area contributed by atoms with Crippen LogP contribution in [0.5, 0.6) is 11.5 Å². The molecule has 0 spiro atoms. The zero-order valence-corrected chi connectivity index (χ0v) is 15.7. The highest BCUT2D eigenvalue weighted by Gasteiger charge is 2.33. The first-order chi connectivity index (χ1) is 12.9. The van der Waals surface area contributed by atoms with Gasteiger partial charge in [-0.15, -0.1) is 0 Å². The molecular weight excluding hydrogens is 345 g/mol. The normalized spacial score (nSPS) is 17.7. The molecule has 0 saturated carbocycles. The minimum absolute atomic E-state index is 0.139. The highest BCUT2D eigenvalue weighted by atomic mass is 19.1. The van der Waals surface area contributed by atoms with Crippen molar-refractivity contribution in [2.45, 2.75) is 27.3 Å². The van der Waals surface area contributed by atoms with Crippen molar-refractivity contribution < 1.29 is 18.7 Å². The van der Waals surface area contributed by atoms with Crippen LogP contribution in [0.4, 0.5) is 4.39 Å². The number of carbonyl (C=O) groups is 1. The number of ether oxygens (including phenoxy) is 2. The molecule has 0 aromatic heterocycles. The molecule has 0 atom stereocenters. The highest BCUT2D eigenvalue weighted by Crippen LogP contribution is 2.43. The van der Waals surface area contributed by atoms with Crippen molar-refractivity contribution in [1.29, 1.82) is 0 Å². The highest BCUT2D eigenvalue weighted by molar-refractivity contribution is 6.15. The van der Waals surface area contributed by atoms with Crippen molar-refractivity contribution in [2.24, 2.45) is 5.92 Å². The van der Waals surface area contributed by atoms with Crippen LogP contribution in [0.15, 0.2) is 36.1 Å². The van der Waals surface area contributed by atoms with Gasteiger partial charge in [-0.25, -0.2) is 4.39 Å². The van der Waals surface area contributed by atoms with E-state index in [9.17, 15) is 9.18 Å². The average molecular weight is 367 g/mol. The molecule has 2 aromatic carbocycles.